The van der Waals surface area contributed by atoms with Gasteiger partial charge in [-0.2, -0.15) is 79.0 Å². The number of carbonyl (C=O) groups is 4. The summed E-state index contributed by atoms with van der Waals surface area (Å²) in [6.07, 6.45) is -40.9. The largest absolute Gasteiger partial charge is 0.435 e. The zero-order valence-corrected chi connectivity index (χ0v) is 42.4. The lowest BCUT2D eigenvalue weighted by molar-refractivity contribution is -0.349. The van der Waals surface area contributed by atoms with Crippen molar-refractivity contribution in [2.24, 2.45) is 0 Å². The van der Waals surface area contributed by atoms with Crippen molar-refractivity contribution in [3.8, 4) is 0 Å². The van der Waals surface area contributed by atoms with Crippen LogP contribution in [0.4, 0.5) is 117 Å². The van der Waals surface area contributed by atoms with Gasteiger partial charge in [0.25, 0.3) is 11.8 Å². The van der Waals surface area contributed by atoms with Gasteiger partial charge in [0.1, 0.15) is 11.6 Å². The molecule has 0 saturated carbocycles. The maximum atomic E-state index is 15.3. The first-order valence-electron chi connectivity index (χ1n) is 22.3. The van der Waals surface area contributed by atoms with Gasteiger partial charge in [0.05, 0.1) is 33.6 Å². The van der Waals surface area contributed by atoms with Gasteiger partial charge >= 0.3 is 48.4 Å². The van der Waals surface area contributed by atoms with E-state index in [1.807, 2.05) is 0 Å². The van der Waals surface area contributed by atoms with Crippen LogP contribution in [0.3, 0.4) is 0 Å². The molecule has 6 nitrogen and oxygen atoms in total. The van der Waals surface area contributed by atoms with Crippen LogP contribution < -0.4 is 9.80 Å². The quantitative estimate of drug-likeness (QED) is 0.0904. The second-order valence-corrected chi connectivity index (χ2v) is 18.2. The molecule has 0 unspecified atom stereocenters. The van der Waals surface area contributed by atoms with E-state index in [1.54, 1.807) is 0 Å². The second-order valence-electron chi connectivity index (χ2n) is 17.4. The van der Waals surface area contributed by atoms with Crippen LogP contribution in [0.5, 0.6) is 0 Å². The van der Waals surface area contributed by atoms with E-state index in [0.29, 0.717) is 9.80 Å². The van der Waals surface area contributed by atoms with Crippen LogP contribution in [-0.4, -0.2) is 62.2 Å². The molecular formula is C52H29BrF24N2O4. The Balaban J connectivity index is 0.000000304. The number of Topliss-reactive ketones (excluding diaryl/α,β-unsaturated/α-hetero) is 2. The fourth-order valence-corrected chi connectivity index (χ4v) is 8.36. The van der Waals surface area contributed by atoms with Gasteiger partial charge in [-0.3, -0.25) is 19.2 Å². The van der Waals surface area contributed by atoms with Crippen molar-refractivity contribution in [1.82, 2.24) is 0 Å². The molecule has 0 saturated heterocycles. The zero-order chi connectivity index (χ0) is 63.1. The minimum atomic E-state index is -6.72. The third-order valence-corrected chi connectivity index (χ3v) is 12.7. The van der Waals surface area contributed by atoms with Crippen LogP contribution in [0, 0.1) is 23.3 Å². The first-order valence-corrected chi connectivity index (χ1v) is 23.1. The smallest absolute Gasteiger partial charge is 0.309 e. The number of ketones is 2. The fourth-order valence-electron chi connectivity index (χ4n) is 7.76. The Morgan fingerprint density at radius 1 is 0.422 bits per heavy atom. The number of hydrogen-bond donors (Lipinski definition) is 0. The molecule has 2 amide bonds. The summed E-state index contributed by atoms with van der Waals surface area (Å²) in [5.74, 6) is -8.72. The number of hydrogen-bond acceptors (Lipinski definition) is 4. The number of benzene rings is 6. The van der Waals surface area contributed by atoms with E-state index in [4.69, 9.17) is 0 Å². The Hall–Kier alpha value is -7.60. The predicted molar refractivity (Wildman–Crippen MR) is 248 cm³/mol. The van der Waals surface area contributed by atoms with Crippen molar-refractivity contribution in [1.29, 1.82) is 0 Å². The molecule has 0 radical (unpaired) electrons. The molecule has 6 aromatic rings. The van der Waals surface area contributed by atoms with Gasteiger partial charge in [-0.05, 0) is 102 Å². The van der Waals surface area contributed by atoms with E-state index in [2.05, 4.69) is 15.9 Å². The van der Waals surface area contributed by atoms with E-state index in [9.17, 15) is 116 Å². The number of nitrogens with zero attached hydrogens (tertiary/aromatic N) is 2. The number of halogens is 25. The van der Waals surface area contributed by atoms with E-state index < -0.39 is 180 Å². The molecule has 31 heteroatoms. The minimum absolute atomic E-state index is 0.0633. The van der Waals surface area contributed by atoms with Gasteiger partial charge < -0.3 is 9.80 Å². The second kappa shape index (κ2) is 23.6. The number of alkyl halides is 20. The summed E-state index contributed by atoms with van der Waals surface area (Å²) in [5.41, 5.74) is -27.0. The molecule has 0 aliphatic carbocycles. The molecule has 0 fully saturated rings. The summed E-state index contributed by atoms with van der Waals surface area (Å²) < 4.78 is 324. The Morgan fingerprint density at radius 2 is 0.771 bits per heavy atom. The van der Waals surface area contributed by atoms with Gasteiger partial charge in [0.15, 0.2) is 23.2 Å². The third kappa shape index (κ3) is 13.6. The highest BCUT2D eigenvalue weighted by atomic mass is 79.9. The lowest BCUT2D eigenvalue weighted by Crippen LogP contribution is -2.50. The minimum Gasteiger partial charge on any atom is -0.309 e. The van der Waals surface area contributed by atoms with Gasteiger partial charge in [0, 0.05) is 53.7 Å². The van der Waals surface area contributed by atoms with Gasteiger partial charge in [-0.25, -0.2) is 26.3 Å². The highest BCUT2D eigenvalue weighted by molar-refractivity contribution is 9.10. The third-order valence-electron chi connectivity index (χ3n) is 12.0. The summed E-state index contributed by atoms with van der Waals surface area (Å²) in [4.78, 5) is 52.4. The normalized spacial score (nSPS) is 12.8. The highest BCUT2D eigenvalue weighted by Crippen LogP contribution is 2.56. The molecule has 0 aromatic heterocycles. The van der Waals surface area contributed by atoms with Crippen LogP contribution in [0.2, 0.25) is 0 Å². The number of amides is 2. The molecule has 446 valence electrons. The summed E-state index contributed by atoms with van der Waals surface area (Å²) >= 11 is 2.40. The van der Waals surface area contributed by atoms with Gasteiger partial charge in [-0.15, -0.1) is 0 Å². The maximum Gasteiger partial charge on any atom is 0.435 e. The van der Waals surface area contributed by atoms with Crippen molar-refractivity contribution in [2.45, 2.75) is 61.2 Å². The first-order chi connectivity index (χ1) is 37.8. The average molecular weight is 1280 g/mol. The summed E-state index contributed by atoms with van der Waals surface area (Å²) in [7, 11) is 2.14. The van der Waals surface area contributed by atoms with Crippen molar-refractivity contribution in [3.05, 3.63) is 199 Å². The molecule has 0 heterocycles. The average Bonchev–Trinajstić information content (AvgIpc) is 2.92. The lowest BCUT2D eigenvalue weighted by atomic mass is 9.89. The summed E-state index contributed by atoms with van der Waals surface area (Å²) in [5, 5.41) is 0. The fraction of sp³-hybridized carbons (Fsp3) is 0.231. The monoisotopic (exact) mass is 1280 g/mol. The van der Waals surface area contributed by atoms with E-state index in [0.717, 1.165) is 99.0 Å². The Kier molecular flexibility index (Phi) is 18.8. The van der Waals surface area contributed by atoms with Gasteiger partial charge in [0.2, 0.25) is 0 Å². The topological polar surface area (TPSA) is 74.8 Å². The predicted octanol–water partition coefficient (Wildman–Crippen LogP) is 16.7. The molecule has 6 aromatic carbocycles. The molecule has 0 aliphatic heterocycles. The first kappa shape index (κ1) is 66.2. The van der Waals surface area contributed by atoms with Crippen molar-refractivity contribution < 1.29 is 125 Å². The standard InChI is InChI=1S/C26H14BrF12NO2.C26H15F12NO2/c1-40(22(42)12-5-7-14(28)8-6-12)19-4-2-3-15(21(19)29)20(41)11-16-17(24(31,32)33)9-13(10-18(16)27)23(30,25(34,35)36)26(37,38)39;1-39(22(41)13-6-9-16(27)10-7-13)19-4-2-3-17(21(19)28)20(40)11-14-5-8-15(12-18(14)24(30,31)32)23(29,25(33,34)35)26(36,37)38/h2-10H,11H2,1H3;2-10,12H,11H2,1H3. The van der Waals surface area contributed by atoms with Crippen LogP contribution in [0.25, 0.3) is 0 Å². The molecule has 0 atom stereocenters. The van der Waals surface area contributed by atoms with Crippen molar-refractivity contribution in [3.63, 3.8) is 0 Å². The molecule has 6 rings (SSSR count). The maximum absolute atomic E-state index is 15.3. The van der Waals surface area contributed by atoms with E-state index >= 15 is 8.78 Å². The number of anilines is 2. The molecular weight excluding hydrogens is 1250 g/mol. The van der Waals surface area contributed by atoms with E-state index in [-0.39, 0.29) is 29.3 Å². The van der Waals surface area contributed by atoms with Gasteiger partial charge in [-0.1, -0.05) is 40.2 Å². The Morgan fingerprint density at radius 3 is 1.13 bits per heavy atom. The summed E-state index contributed by atoms with van der Waals surface area (Å²) in [6.45, 7) is 0. The van der Waals surface area contributed by atoms with Crippen LogP contribution in [0.1, 0.15) is 74.8 Å². The Labute approximate surface area is 458 Å². The van der Waals surface area contributed by atoms with Crippen LogP contribution in [0.15, 0.2) is 120 Å². The molecule has 0 spiro atoms. The van der Waals surface area contributed by atoms with Crippen LogP contribution >= 0.6 is 15.9 Å². The van der Waals surface area contributed by atoms with Crippen molar-refractivity contribution >= 4 is 50.7 Å². The van der Waals surface area contributed by atoms with Crippen LogP contribution in [-0.2, 0) is 36.5 Å². The zero-order valence-electron chi connectivity index (χ0n) is 40.9. The number of rotatable bonds is 12. The lowest BCUT2D eigenvalue weighted by Gasteiger charge is -2.31. The van der Waals surface area contributed by atoms with Crippen molar-refractivity contribution in [2.75, 3.05) is 23.9 Å². The molecule has 0 aliphatic rings. The Bertz CT molecular complexity index is 3390. The molecule has 0 N–H and O–H groups in total. The SMILES string of the molecule is CN(C(=O)c1ccc(F)cc1)c1cccc(C(=O)Cc2c(Br)cc(C(F)(C(F)(F)F)C(F)(F)F)cc2C(F)(F)F)c1F.CN(C(=O)c1ccc(F)cc1)c1cccc(C(=O)Cc2ccc(C(F)(C(F)(F)F)C(F)(F)F)cc2C(F)(F)F)c1F. The molecule has 0 bridgehead atoms. The summed E-state index contributed by atoms with van der Waals surface area (Å²) in [6, 6.07) is 12.1. The number of carbonyl (C=O) groups excluding carboxylic acids is 4. The highest BCUT2D eigenvalue weighted by Gasteiger charge is 2.75. The molecule has 83 heavy (non-hydrogen) atoms. The van der Waals surface area contributed by atoms with E-state index in [1.165, 1.54) is 0 Å².